The number of carbonyl (C=O) groups is 1. The van der Waals surface area contributed by atoms with Crippen LogP contribution >= 0.6 is 11.3 Å². The molecular formula is C20H13F5N4OS. The highest BCUT2D eigenvalue weighted by Crippen LogP contribution is 2.37. The van der Waals surface area contributed by atoms with Gasteiger partial charge >= 0.3 is 6.18 Å². The third kappa shape index (κ3) is 4.26. The predicted molar refractivity (Wildman–Crippen MR) is 106 cm³/mol. The van der Waals surface area contributed by atoms with Gasteiger partial charge in [0.1, 0.15) is 28.7 Å². The van der Waals surface area contributed by atoms with E-state index < -0.39 is 34.8 Å². The lowest BCUT2D eigenvalue weighted by Gasteiger charge is -2.08. The Morgan fingerprint density at radius 2 is 1.81 bits per heavy atom. The molecule has 0 fully saturated rings. The molecule has 0 spiro atoms. The first-order valence-electron chi connectivity index (χ1n) is 8.96. The summed E-state index contributed by atoms with van der Waals surface area (Å²) in [5.74, 6) is -2.79. The van der Waals surface area contributed by atoms with Crippen molar-refractivity contribution in [2.45, 2.75) is 6.18 Å². The van der Waals surface area contributed by atoms with E-state index in [0.29, 0.717) is 23.8 Å². The molecule has 2 N–H and O–H groups in total. The van der Waals surface area contributed by atoms with Crippen LogP contribution in [0, 0.1) is 11.6 Å². The lowest BCUT2D eigenvalue weighted by Crippen LogP contribution is -2.21. The number of hydrogen-bond acceptors (Lipinski definition) is 5. The van der Waals surface area contributed by atoms with Crippen LogP contribution in [-0.2, 0) is 6.18 Å². The Balaban J connectivity index is 1.74. The monoisotopic (exact) mass is 452 g/mol. The van der Waals surface area contributed by atoms with Gasteiger partial charge in [0.15, 0.2) is 5.13 Å². The number of halogens is 5. The van der Waals surface area contributed by atoms with Gasteiger partial charge in [0.2, 0.25) is 0 Å². The first-order valence-corrected chi connectivity index (χ1v) is 9.78. The highest BCUT2D eigenvalue weighted by Gasteiger charge is 2.31. The maximum absolute atomic E-state index is 13.9. The van der Waals surface area contributed by atoms with Gasteiger partial charge in [-0.25, -0.2) is 13.8 Å². The third-order valence-electron chi connectivity index (χ3n) is 4.39. The highest BCUT2D eigenvalue weighted by molar-refractivity contribution is 7.19. The number of amides is 1. The standard InChI is InChI=1S/C20H13F5N4OS/c21-12-5-2-6-13(22)14(12)18(30)29-19-28-15(17-26-7-8-27-17)16(31-19)10-3-1-4-11(9-10)20(23,24)25/h1-6,9H,7-8H2,(H,26,27)(H,28,29,30). The van der Waals surface area contributed by atoms with E-state index in [-0.39, 0.29) is 16.4 Å². The van der Waals surface area contributed by atoms with E-state index in [0.717, 1.165) is 41.7 Å². The number of benzene rings is 2. The van der Waals surface area contributed by atoms with Gasteiger partial charge in [-0.05, 0) is 29.8 Å². The van der Waals surface area contributed by atoms with Crippen molar-refractivity contribution in [3.05, 3.63) is 70.9 Å². The summed E-state index contributed by atoms with van der Waals surface area (Å²) in [5, 5.41) is 5.27. The average Bonchev–Trinajstić information content (AvgIpc) is 3.37. The molecule has 0 radical (unpaired) electrons. The SMILES string of the molecule is O=C(Nc1nc(C2=NCCN2)c(-c2cccc(C(F)(F)F)c2)s1)c1c(F)cccc1F. The van der Waals surface area contributed by atoms with E-state index in [9.17, 15) is 26.7 Å². The molecule has 0 unspecified atom stereocenters. The molecule has 5 nitrogen and oxygen atoms in total. The van der Waals surface area contributed by atoms with E-state index in [1.165, 1.54) is 12.1 Å². The van der Waals surface area contributed by atoms with Crippen LogP contribution < -0.4 is 10.6 Å². The second kappa shape index (κ2) is 8.06. The molecule has 4 rings (SSSR count). The minimum Gasteiger partial charge on any atom is -0.367 e. The fourth-order valence-electron chi connectivity index (χ4n) is 3.00. The molecule has 3 aromatic rings. The summed E-state index contributed by atoms with van der Waals surface area (Å²) < 4.78 is 67.3. The number of carbonyl (C=O) groups excluding carboxylic acids is 1. The molecule has 1 aliphatic heterocycles. The van der Waals surface area contributed by atoms with E-state index in [2.05, 4.69) is 20.6 Å². The zero-order valence-electron chi connectivity index (χ0n) is 15.6. The number of nitrogens with zero attached hydrogens (tertiary/aromatic N) is 2. The van der Waals surface area contributed by atoms with Gasteiger partial charge in [0.05, 0.1) is 17.0 Å². The lowest BCUT2D eigenvalue weighted by molar-refractivity contribution is -0.137. The topological polar surface area (TPSA) is 66.4 Å². The summed E-state index contributed by atoms with van der Waals surface area (Å²) in [7, 11) is 0. The Kier molecular flexibility index (Phi) is 5.44. The number of thiazole rings is 1. The lowest BCUT2D eigenvalue weighted by atomic mass is 10.1. The quantitative estimate of drug-likeness (QED) is 0.564. The minimum absolute atomic E-state index is 0.0357. The van der Waals surface area contributed by atoms with Gasteiger partial charge in [-0.1, -0.05) is 29.5 Å². The Morgan fingerprint density at radius 1 is 1.10 bits per heavy atom. The van der Waals surface area contributed by atoms with E-state index in [4.69, 9.17) is 0 Å². The maximum Gasteiger partial charge on any atom is 0.416 e. The van der Waals surface area contributed by atoms with Crippen molar-refractivity contribution in [3.8, 4) is 10.4 Å². The fourth-order valence-corrected chi connectivity index (χ4v) is 3.96. The molecular weight excluding hydrogens is 439 g/mol. The van der Waals surface area contributed by atoms with Crippen molar-refractivity contribution < 1.29 is 26.7 Å². The Morgan fingerprint density at radius 3 is 2.45 bits per heavy atom. The van der Waals surface area contributed by atoms with Crippen molar-refractivity contribution in [2.24, 2.45) is 4.99 Å². The summed E-state index contributed by atoms with van der Waals surface area (Å²) in [5.41, 5.74) is -1.16. The number of alkyl halides is 3. The van der Waals surface area contributed by atoms with Gasteiger partial charge < -0.3 is 5.32 Å². The van der Waals surface area contributed by atoms with Crippen LogP contribution in [0.1, 0.15) is 21.6 Å². The van der Waals surface area contributed by atoms with Crippen LogP contribution in [0.5, 0.6) is 0 Å². The Hall–Kier alpha value is -3.34. The van der Waals surface area contributed by atoms with Crippen LogP contribution in [0.4, 0.5) is 27.1 Å². The number of rotatable bonds is 4. The number of hydrogen-bond donors (Lipinski definition) is 2. The number of nitrogens with one attached hydrogen (secondary N) is 2. The molecule has 11 heteroatoms. The van der Waals surface area contributed by atoms with Crippen molar-refractivity contribution >= 4 is 28.2 Å². The molecule has 0 aliphatic carbocycles. The number of amidine groups is 1. The van der Waals surface area contributed by atoms with Gasteiger partial charge in [0.25, 0.3) is 5.91 Å². The summed E-state index contributed by atoms with van der Waals surface area (Å²) in [6.07, 6.45) is -4.54. The normalized spacial score (nSPS) is 13.6. The number of aliphatic imine (C=N–C) groups is 1. The molecule has 1 aromatic heterocycles. The summed E-state index contributed by atoms with van der Waals surface area (Å²) in [4.78, 5) is 21.2. The Bertz CT molecular complexity index is 1170. The van der Waals surface area contributed by atoms with Gasteiger partial charge in [-0.15, -0.1) is 0 Å². The third-order valence-corrected chi connectivity index (χ3v) is 5.41. The smallest absolute Gasteiger partial charge is 0.367 e. The molecule has 160 valence electrons. The molecule has 0 bridgehead atoms. The number of anilines is 1. The second-order valence-electron chi connectivity index (χ2n) is 6.48. The minimum atomic E-state index is -4.54. The first kappa shape index (κ1) is 20.9. The Labute approximate surface area is 176 Å². The van der Waals surface area contributed by atoms with E-state index in [1.54, 1.807) is 0 Å². The molecule has 1 aliphatic rings. The van der Waals surface area contributed by atoms with Crippen molar-refractivity contribution in [2.75, 3.05) is 18.4 Å². The molecule has 0 saturated carbocycles. The van der Waals surface area contributed by atoms with Crippen molar-refractivity contribution in [3.63, 3.8) is 0 Å². The van der Waals surface area contributed by atoms with Crippen LogP contribution in [-0.4, -0.2) is 29.8 Å². The molecule has 31 heavy (non-hydrogen) atoms. The molecule has 0 saturated heterocycles. The summed E-state index contributed by atoms with van der Waals surface area (Å²) in [6, 6.07) is 7.65. The van der Waals surface area contributed by atoms with Crippen LogP contribution in [0.2, 0.25) is 0 Å². The maximum atomic E-state index is 13.9. The van der Waals surface area contributed by atoms with E-state index >= 15 is 0 Å². The zero-order valence-corrected chi connectivity index (χ0v) is 16.4. The number of aromatic nitrogens is 1. The zero-order chi connectivity index (χ0) is 22.2. The average molecular weight is 452 g/mol. The van der Waals surface area contributed by atoms with Gasteiger partial charge in [-0.2, -0.15) is 13.2 Å². The van der Waals surface area contributed by atoms with Crippen LogP contribution in [0.25, 0.3) is 10.4 Å². The van der Waals surface area contributed by atoms with Crippen LogP contribution in [0.3, 0.4) is 0 Å². The summed E-state index contributed by atoms with van der Waals surface area (Å²) in [6.45, 7) is 0.980. The molecule has 0 atom stereocenters. The molecule has 1 amide bonds. The predicted octanol–water partition coefficient (Wildman–Crippen LogP) is 4.71. The van der Waals surface area contributed by atoms with Crippen molar-refractivity contribution in [1.29, 1.82) is 0 Å². The van der Waals surface area contributed by atoms with E-state index in [1.807, 2.05) is 0 Å². The highest BCUT2D eigenvalue weighted by atomic mass is 32.1. The second-order valence-corrected chi connectivity index (χ2v) is 7.48. The summed E-state index contributed by atoms with van der Waals surface area (Å²) >= 11 is 0.877. The molecule has 2 heterocycles. The molecule has 2 aromatic carbocycles. The first-order chi connectivity index (χ1) is 14.7. The van der Waals surface area contributed by atoms with Crippen molar-refractivity contribution in [1.82, 2.24) is 10.3 Å². The fraction of sp³-hybridized carbons (Fsp3) is 0.150. The van der Waals surface area contributed by atoms with Gasteiger partial charge in [-0.3, -0.25) is 15.1 Å². The van der Waals surface area contributed by atoms with Crippen LogP contribution in [0.15, 0.2) is 47.5 Å². The van der Waals surface area contributed by atoms with Gasteiger partial charge in [0, 0.05) is 6.54 Å². The largest absolute Gasteiger partial charge is 0.416 e.